The Balaban J connectivity index is 1.57. The SMILES string of the molecule is COc1ccc(NC(=O)[C@@H](Cc2ccccc2)NC(=O)c2cccs2)cc1NS(=O)(=O)c1ccc(Cl)c(Cl)c1. The van der Waals surface area contributed by atoms with Crippen molar-refractivity contribution in [3.05, 3.63) is 105 Å². The van der Waals surface area contributed by atoms with Crippen molar-refractivity contribution >= 4 is 67.8 Å². The van der Waals surface area contributed by atoms with Crippen molar-refractivity contribution in [2.24, 2.45) is 0 Å². The molecule has 0 saturated heterocycles. The van der Waals surface area contributed by atoms with Gasteiger partial charge in [-0.1, -0.05) is 59.6 Å². The Morgan fingerprint density at radius 3 is 2.38 bits per heavy atom. The van der Waals surface area contributed by atoms with E-state index >= 15 is 0 Å². The highest BCUT2D eigenvalue weighted by Crippen LogP contribution is 2.31. The number of benzene rings is 3. The lowest BCUT2D eigenvalue weighted by Crippen LogP contribution is -2.45. The van der Waals surface area contributed by atoms with E-state index in [0.29, 0.717) is 4.88 Å². The zero-order valence-corrected chi connectivity index (χ0v) is 23.6. The molecule has 0 fully saturated rings. The van der Waals surface area contributed by atoms with E-state index in [4.69, 9.17) is 27.9 Å². The third-order valence-electron chi connectivity index (χ3n) is 5.56. The monoisotopic (exact) mass is 603 g/mol. The van der Waals surface area contributed by atoms with Gasteiger partial charge in [0.05, 0.1) is 32.6 Å². The van der Waals surface area contributed by atoms with Crippen LogP contribution in [0.2, 0.25) is 10.0 Å². The summed E-state index contributed by atoms with van der Waals surface area (Å²) in [7, 11) is -2.68. The average Bonchev–Trinajstić information content (AvgIpc) is 3.46. The number of hydrogen-bond acceptors (Lipinski definition) is 6. The first kappa shape index (κ1) is 28.4. The Labute approximate surface area is 240 Å². The molecular weight excluding hydrogens is 581 g/mol. The van der Waals surface area contributed by atoms with Gasteiger partial charge < -0.3 is 15.4 Å². The van der Waals surface area contributed by atoms with Crippen LogP contribution in [-0.2, 0) is 21.2 Å². The van der Waals surface area contributed by atoms with E-state index < -0.39 is 22.0 Å². The summed E-state index contributed by atoms with van der Waals surface area (Å²) in [6, 6.07) is 20.2. The van der Waals surface area contributed by atoms with Crippen LogP contribution in [0.5, 0.6) is 5.75 Å². The normalized spacial score (nSPS) is 11.9. The lowest BCUT2D eigenvalue weighted by Gasteiger charge is -2.19. The summed E-state index contributed by atoms with van der Waals surface area (Å²) in [5, 5.41) is 7.64. The molecule has 1 heterocycles. The van der Waals surface area contributed by atoms with Crippen LogP contribution in [0.25, 0.3) is 0 Å². The van der Waals surface area contributed by atoms with E-state index in [0.717, 1.165) is 5.56 Å². The molecule has 8 nitrogen and oxygen atoms in total. The molecule has 0 radical (unpaired) electrons. The first-order valence-corrected chi connectivity index (χ1v) is 14.6. The van der Waals surface area contributed by atoms with E-state index in [1.54, 1.807) is 23.6 Å². The first-order valence-electron chi connectivity index (χ1n) is 11.5. The molecule has 1 atom stereocenters. The molecule has 202 valence electrons. The van der Waals surface area contributed by atoms with E-state index in [-0.39, 0.29) is 44.4 Å². The van der Waals surface area contributed by atoms with Crippen molar-refractivity contribution in [1.29, 1.82) is 0 Å². The Hall–Kier alpha value is -3.57. The predicted octanol–water partition coefficient (Wildman–Crippen LogP) is 5.84. The van der Waals surface area contributed by atoms with Crippen molar-refractivity contribution in [3.8, 4) is 5.75 Å². The molecule has 0 saturated carbocycles. The second-order valence-electron chi connectivity index (χ2n) is 8.28. The second-order valence-corrected chi connectivity index (χ2v) is 11.7. The van der Waals surface area contributed by atoms with Crippen LogP contribution >= 0.6 is 34.5 Å². The number of amides is 2. The highest BCUT2D eigenvalue weighted by molar-refractivity contribution is 7.92. The predicted molar refractivity (Wildman–Crippen MR) is 155 cm³/mol. The van der Waals surface area contributed by atoms with Crippen molar-refractivity contribution in [1.82, 2.24) is 5.32 Å². The summed E-state index contributed by atoms with van der Waals surface area (Å²) in [6.07, 6.45) is 0.247. The third kappa shape index (κ3) is 7.30. The van der Waals surface area contributed by atoms with Gasteiger partial charge in [0.25, 0.3) is 15.9 Å². The summed E-state index contributed by atoms with van der Waals surface area (Å²) in [5.74, 6) is -0.624. The minimum absolute atomic E-state index is 0.0848. The van der Waals surface area contributed by atoms with Crippen LogP contribution in [0.3, 0.4) is 0 Å². The molecule has 12 heteroatoms. The lowest BCUT2D eigenvalue weighted by molar-refractivity contribution is -0.118. The maximum Gasteiger partial charge on any atom is 0.262 e. The van der Waals surface area contributed by atoms with Crippen LogP contribution in [0.15, 0.2) is 89.1 Å². The Bertz CT molecular complexity index is 1580. The zero-order chi connectivity index (χ0) is 28.0. The first-order chi connectivity index (χ1) is 18.7. The Kier molecular flexibility index (Phi) is 9.13. The molecule has 0 aliphatic heterocycles. The number of carbonyl (C=O) groups excluding carboxylic acids is 2. The van der Waals surface area contributed by atoms with Crippen molar-refractivity contribution in [3.63, 3.8) is 0 Å². The summed E-state index contributed by atoms with van der Waals surface area (Å²) in [4.78, 5) is 26.5. The van der Waals surface area contributed by atoms with Gasteiger partial charge in [0.2, 0.25) is 5.91 Å². The number of thiophene rings is 1. The number of methoxy groups -OCH3 is 1. The van der Waals surface area contributed by atoms with Crippen molar-refractivity contribution < 1.29 is 22.7 Å². The van der Waals surface area contributed by atoms with Gasteiger partial charge in [-0.05, 0) is 53.4 Å². The molecule has 39 heavy (non-hydrogen) atoms. The summed E-state index contributed by atoms with van der Waals surface area (Å²) >= 11 is 13.2. The number of halogens is 2. The fraction of sp³-hybridized carbons (Fsp3) is 0.111. The highest BCUT2D eigenvalue weighted by Gasteiger charge is 2.24. The van der Waals surface area contributed by atoms with Crippen molar-refractivity contribution in [2.75, 3.05) is 17.1 Å². The molecule has 3 aromatic carbocycles. The van der Waals surface area contributed by atoms with E-state index in [1.165, 1.54) is 48.8 Å². The van der Waals surface area contributed by atoms with Gasteiger partial charge in [-0.15, -0.1) is 11.3 Å². The smallest absolute Gasteiger partial charge is 0.262 e. The number of hydrogen-bond donors (Lipinski definition) is 3. The van der Waals surface area contributed by atoms with Gasteiger partial charge in [-0.25, -0.2) is 8.42 Å². The third-order valence-corrected chi connectivity index (χ3v) is 8.53. The second kappa shape index (κ2) is 12.5. The number of carbonyl (C=O) groups is 2. The van der Waals surface area contributed by atoms with Crippen LogP contribution in [0.1, 0.15) is 15.2 Å². The number of nitrogens with one attached hydrogen (secondary N) is 3. The molecule has 0 bridgehead atoms. The van der Waals surface area contributed by atoms with Crippen LogP contribution in [0.4, 0.5) is 11.4 Å². The van der Waals surface area contributed by atoms with Gasteiger partial charge in [-0.2, -0.15) is 0 Å². The largest absolute Gasteiger partial charge is 0.495 e. The number of ether oxygens (including phenoxy) is 1. The molecule has 3 N–H and O–H groups in total. The quantitative estimate of drug-likeness (QED) is 0.210. The lowest BCUT2D eigenvalue weighted by atomic mass is 10.0. The Morgan fingerprint density at radius 2 is 1.72 bits per heavy atom. The molecule has 4 aromatic rings. The van der Waals surface area contributed by atoms with E-state index in [1.807, 2.05) is 30.3 Å². The summed E-state index contributed by atoms with van der Waals surface area (Å²) in [5.41, 5.74) is 1.23. The Morgan fingerprint density at radius 1 is 0.949 bits per heavy atom. The highest BCUT2D eigenvalue weighted by atomic mass is 35.5. The number of rotatable bonds is 10. The minimum Gasteiger partial charge on any atom is -0.495 e. The van der Waals surface area contributed by atoms with Gasteiger partial charge in [-0.3, -0.25) is 14.3 Å². The minimum atomic E-state index is -4.07. The maximum absolute atomic E-state index is 13.3. The van der Waals surface area contributed by atoms with E-state index in [9.17, 15) is 18.0 Å². The van der Waals surface area contributed by atoms with Gasteiger partial charge >= 0.3 is 0 Å². The number of sulfonamides is 1. The maximum atomic E-state index is 13.3. The molecule has 0 aliphatic carbocycles. The number of anilines is 2. The van der Waals surface area contributed by atoms with Gasteiger partial charge in [0.15, 0.2) is 0 Å². The standard InChI is InChI=1S/C27H23Cl2N3O5S2/c1-37-24-12-9-18(15-22(24)32-39(35,36)19-10-11-20(28)21(29)16-19)30-26(33)23(14-17-6-3-2-4-7-17)31-27(34)25-8-5-13-38-25/h2-13,15-16,23,32H,14H2,1H3,(H,30,33)(H,31,34)/t23-/m1/s1. The fourth-order valence-electron chi connectivity index (χ4n) is 3.64. The molecule has 0 unspecified atom stereocenters. The summed E-state index contributed by atoms with van der Waals surface area (Å²) in [6.45, 7) is 0. The van der Waals surface area contributed by atoms with E-state index in [2.05, 4.69) is 15.4 Å². The molecule has 2 amide bonds. The fourth-order valence-corrected chi connectivity index (χ4v) is 5.72. The molecule has 4 rings (SSSR count). The summed E-state index contributed by atoms with van der Waals surface area (Å²) < 4.78 is 33.8. The molecular formula is C27H23Cl2N3O5S2. The van der Waals surface area contributed by atoms with Gasteiger partial charge in [0.1, 0.15) is 11.8 Å². The average molecular weight is 605 g/mol. The van der Waals surface area contributed by atoms with Crippen LogP contribution in [0, 0.1) is 0 Å². The molecule has 1 aromatic heterocycles. The zero-order valence-electron chi connectivity index (χ0n) is 20.5. The van der Waals surface area contributed by atoms with Crippen molar-refractivity contribution in [2.45, 2.75) is 17.4 Å². The molecule has 0 spiro atoms. The van der Waals surface area contributed by atoms with Gasteiger partial charge in [0, 0.05) is 12.1 Å². The topological polar surface area (TPSA) is 114 Å². The van der Waals surface area contributed by atoms with Crippen LogP contribution in [-0.4, -0.2) is 33.4 Å². The molecule has 0 aliphatic rings. The van der Waals surface area contributed by atoms with Crippen LogP contribution < -0.4 is 20.1 Å².